The number of piperidine rings is 1. The van der Waals surface area contributed by atoms with Crippen LogP contribution in [0.3, 0.4) is 0 Å². The third-order valence-electron chi connectivity index (χ3n) is 5.92. The second kappa shape index (κ2) is 5.05. The van der Waals surface area contributed by atoms with Gasteiger partial charge in [0.1, 0.15) is 0 Å². The maximum atomic E-state index is 12.6. The van der Waals surface area contributed by atoms with Gasteiger partial charge in [-0.2, -0.15) is 0 Å². The molecule has 0 aromatic heterocycles. The maximum absolute atomic E-state index is 12.6. The summed E-state index contributed by atoms with van der Waals surface area (Å²) in [6.07, 6.45) is 3.78. The summed E-state index contributed by atoms with van der Waals surface area (Å²) in [5.74, 6) is 0. The van der Waals surface area contributed by atoms with Crippen LogP contribution in [0, 0.1) is 0 Å². The molecule has 0 unspecified atom stereocenters. The van der Waals surface area contributed by atoms with Crippen LogP contribution in [-0.4, -0.2) is 55.6 Å². The van der Waals surface area contributed by atoms with Gasteiger partial charge in [-0.05, 0) is 44.8 Å². The fourth-order valence-corrected chi connectivity index (χ4v) is 6.24. The molecule has 2 atom stereocenters. The number of sulfonamides is 1. The van der Waals surface area contributed by atoms with Crippen molar-refractivity contribution in [3.05, 3.63) is 35.9 Å². The van der Waals surface area contributed by atoms with Crippen LogP contribution < -0.4 is 0 Å². The predicted molar refractivity (Wildman–Crippen MR) is 87.3 cm³/mol. The Labute approximate surface area is 133 Å². The van der Waals surface area contributed by atoms with Crippen molar-refractivity contribution in [1.29, 1.82) is 0 Å². The molecule has 5 heteroatoms. The molecule has 1 aliphatic carbocycles. The Morgan fingerprint density at radius 3 is 2.45 bits per heavy atom. The van der Waals surface area contributed by atoms with Gasteiger partial charge in [-0.3, -0.25) is 0 Å². The monoisotopic (exact) mass is 320 g/mol. The molecule has 1 aromatic rings. The Balaban J connectivity index is 1.66. The molecule has 0 radical (unpaired) electrons. The lowest BCUT2D eigenvalue weighted by Gasteiger charge is -2.45. The van der Waals surface area contributed by atoms with Crippen molar-refractivity contribution in [3.8, 4) is 0 Å². The Bertz CT molecular complexity index is 656. The predicted octanol–water partition coefficient (Wildman–Crippen LogP) is 1.83. The summed E-state index contributed by atoms with van der Waals surface area (Å²) in [7, 11) is -0.912. The van der Waals surface area contributed by atoms with Crippen LogP contribution in [-0.2, 0) is 15.4 Å². The zero-order valence-corrected chi connectivity index (χ0v) is 13.9. The van der Waals surface area contributed by atoms with E-state index < -0.39 is 10.0 Å². The second-order valence-corrected chi connectivity index (χ2v) is 9.33. The fourth-order valence-electron chi connectivity index (χ4n) is 4.39. The van der Waals surface area contributed by atoms with Gasteiger partial charge in [0, 0.05) is 24.5 Å². The van der Waals surface area contributed by atoms with Crippen molar-refractivity contribution in [1.82, 2.24) is 9.21 Å². The highest BCUT2D eigenvalue weighted by Gasteiger charge is 2.53. The van der Waals surface area contributed by atoms with E-state index in [1.807, 2.05) is 0 Å². The van der Waals surface area contributed by atoms with E-state index in [9.17, 15) is 8.42 Å². The summed E-state index contributed by atoms with van der Waals surface area (Å²) in [5.41, 5.74) is 1.51. The van der Waals surface area contributed by atoms with Crippen molar-refractivity contribution < 1.29 is 8.42 Å². The van der Waals surface area contributed by atoms with Crippen LogP contribution in [0.2, 0.25) is 0 Å². The van der Waals surface area contributed by atoms with Gasteiger partial charge in [-0.15, -0.1) is 0 Å². The summed E-state index contributed by atoms with van der Waals surface area (Å²) in [6.45, 7) is 2.39. The second-order valence-electron chi connectivity index (χ2n) is 7.12. The third-order valence-corrected chi connectivity index (χ3v) is 8.28. The lowest BCUT2D eigenvalue weighted by Crippen LogP contribution is -2.56. The summed E-state index contributed by atoms with van der Waals surface area (Å²) in [6, 6.07) is 11.0. The first-order chi connectivity index (χ1) is 10.5. The zero-order chi connectivity index (χ0) is 15.4. The van der Waals surface area contributed by atoms with Crippen LogP contribution in [0.15, 0.2) is 30.3 Å². The molecule has 120 valence electrons. The zero-order valence-electron chi connectivity index (χ0n) is 13.1. The number of hydrogen-bond donors (Lipinski definition) is 0. The molecule has 4 nitrogen and oxygen atoms in total. The Kier molecular flexibility index (Phi) is 3.36. The van der Waals surface area contributed by atoms with Crippen molar-refractivity contribution >= 4 is 10.0 Å². The van der Waals surface area contributed by atoms with Crippen LogP contribution in [0.25, 0.3) is 0 Å². The molecule has 3 fully saturated rings. The highest BCUT2D eigenvalue weighted by molar-refractivity contribution is 7.90. The van der Waals surface area contributed by atoms with Gasteiger partial charge in [0.05, 0.1) is 5.25 Å². The SMILES string of the molecule is CN1CC[C@]2(c3ccccc3)CCN(S(=O)(=O)C3CC3)C[C@H]12. The largest absolute Gasteiger partial charge is 0.301 e. The van der Waals surface area contributed by atoms with Gasteiger partial charge in [0.25, 0.3) is 0 Å². The van der Waals surface area contributed by atoms with E-state index in [2.05, 4.69) is 42.3 Å². The summed E-state index contributed by atoms with van der Waals surface area (Å²) in [4.78, 5) is 2.36. The molecule has 1 aromatic carbocycles. The minimum absolute atomic E-state index is 0.0940. The van der Waals surface area contributed by atoms with E-state index in [1.165, 1.54) is 5.56 Å². The number of likely N-dealkylation sites (tertiary alicyclic amines) is 1. The normalized spacial score (nSPS) is 33.8. The highest BCUT2D eigenvalue weighted by atomic mass is 32.2. The molecule has 1 saturated carbocycles. The van der Waals surface area contributed by atoms with Gasteiger partial charge < -0.3 is 4.90 Å². The van der Waals surface area contributed by atoms with E-state index in [4.69, 9.17) is 0 Å². The van der Waals surface area contributed by atoms with Gasteiger partial charge in [0.15, 0.2) is 0 Å². The van der Waals surface area contributed by atoms with E-state index in [0.717, 1.165) is 32.2 Å². The quantitative estimate of drug-likeness (QED) is 0.853. The average molecular weight is 320 g/mol. The number of likely N-dealkylation sites (N-methyl/N-ethyl adjacent to an activating group) is 1. The molecular weight excluding hydrogens is 296 g/mol. The first-order valence-corrected chi connectivity index (χ1v) is 9.79. The molecule has 2 aliphatic heterocycles. The fraction of sp³-hybridized carbons (Fsp3) is 0.647. The van der Waals surface area contributed by atoms with Crippen molar-refractivity contribution in [2.75, 3.05) is 26.7 Å². The Morgan fingerprint density at radius 1 is 1.09 bits per heavy atom. The number of rotatable bonds is 3. The summed E-state index contributed by atoms with van der Waals surface area (Å²) in [5, 5.41) is -0.0940. The van der Waals surface area contributed by atoms with Gasteiger partial charge >= 0.3 is 0 Å². The van der Waals surface area contributed by atoms with Gasteiger partial charge in [0.2, 0.25) is 10.0 Å². The lowest BCUT2D eigenvalue weighted by atomic mass is 9.70. The number of benzene rings is 1. The first kappa shape index (κ1) is 14.7. The average Bonchev–Trinajstić information content (AvgIpc) is 3.34. The Morgan fingerprint density at radius 2 is 1.77 bits per heavy atom. The Hall–Kier alpha value is -0.910. The van der Waals surface area contributed by atoms with Crippen LogP contribution >= 0.6 is 0 Å². The maximum Gasteiger partial charge on any atom is 0.217 e. The molecule has 2 heterocycles. The molecule has 3 aliphatic rings. The first-order valence-electron chi connectivity index (χ1n) is 8.29. The van der Waals surface area contributed by atoms with Crippen molar-refractivity contribution in [3.63, 3.8) is 0 Å². The van der Waals surface area contributed by atoms with Crippen molar-refractivity contribution in [2.45, 2.75) is 42.4 Å². The number of hydrogen-bond acceptors (Lipinski definition) is 3. The molecule has 0 bridgehead atoms. The molecular formula is C17H24N2O2S. The third kappa shape index (κ3) is 2.14. The van der Waals surface area contributed by atoms with E-state index in [1.54, 1.807) is 4.31 Å². The van der Waals surface area contributed by atoms with Crippen LogP contribution in [0.5, 0.6) is 0 Å². The molecule has 4 rings (SSSR count). The number of fused-ring (bicyclic) bond motifs is 1. The van der Waals surface area contributed by atoms with E-state index in [-0.39, 0.29) is 10.7 Å². The van der Waals surface area contributed by atoms with Crippen LogP contribution in [0.1, 0.15) is 31.2 Å². The molecule has 0 amide bonds. The topological polar surface area (TPSA) is 40.6 Å². The smallest absolute Gasteiger partial charge is 0.217 e. The number of nitrogens with zero attached hydrogens (tertiary/aromatic N) is 2. The van der Waals surface area contributed by atoms with E-state index >= 15 is 0 Å². The molecule has 2 saturated heterocycles. The van der Waals surface area contributed by atoms with E-state index in [0.29, 0.717) is 19.1 Å². The molecule has 0 spiro atoms. The molecule has 22 heavy (non-hydrogen) atoms. The summed E-state index contributed by atoms with van der Waals surface area (Å²) >= 11 is 0. The van der Waals surface area contributed by atoms with Gasteiger partial charge in [-0.25, -0.2) is 12.7 Å². The minimum atomic E-state index is -3.05. The highest BCUT2D eigenvalue weighted by Crippen LogP contribution is 2.46. The standard InChI is InChI=1S/C17H24N2O2S/c1-18-11-9-17(14-5-3-2-4-6-14)10-12-19(13-16(17)18)22(20,21)15-7-8-15/h2-6,15-16H,7-13H2,1H3/t16-,17+/m0/s1. The minimum Gasteiger partial charge on any atom is -0.301 e. The van der Waals surface area contributed by atoms with Crippen LogP contribution in [0.4, 0.5) is 0 Å². The van der Waals surface area contributed by atoms with Crippen molar-refractivity contribution in [2.24, 2.45) is 0 Å². The van der Waals surface area contributed by atoms with Gasteiger partial charge in [-0.1, -0.05) is 30.3 Å². The lowest BCUT2D eigenvalue weighted by molar-refractivity contribution is 0.147. The molecule has 0 N–H and O–H groups in total. The summed E-state index contributed by atoms with van der Waals surface area (Å²) < 4.78 is 27.0.